The van der Waals surface area contributed by atoms with Crippen molar-refractivity contribution in [2.45, 2.75) is 12.8 Å². The summed E-state index contributed by atoms with van der Waals surface area (Å²) >= 11 is 5.69. The van der Waals surface area contributed by atoms with Crippen LogP contribution in [0.4, 0.5) is 0 Å². The molecule has 0 aromatic heterocycles. The van der Waals surface area contributed by atoms with Crippen LogP contribution in [0.1, 0.15) is 23.2 Å². The van der Waals surface area contributed by atoms with Crippen molar-refractivity contribution in [3.05, 3.63) is 28.8 Å². The van der Waals surface area contributed by atoms with Crippen LogP contribution < -0.4 is 0 Å². The highest BCUT2D eigenvalue weighted by atomic mass is 35.5. The molecule has 5 heteroatoms. The lowest BCUT2D eigenvalue weighted by Gasteiger charge is -2.26. The fraction of sp³-hybridized carbons (Fsp3) is 0.364. The summed E-state index contributed by atoms with van der Waals surface area (Å²) in [5.74, 6) is -0.444. The van der Waals surface area contributed by atoms with Gasteiger partial charge >= 0.3 is 0 Å². The largest absolute Gasteiger partial charge is 0.507 e. The Bertz CT molecular complexity index is 402. The molecule has 0 aliphatic carbocycles. The minimum absolute atomic E-state index is 0.119. The van der Waals surface area contributed by atoms with E-state index in [-0.39, 0.29) is 17.2 Å². The number of amides is 1. The number of carbonyl (C=O) groups excluding carboxylic acids is 1. The van der Waals surface area contributed by atoms with E-state index in [2.05, 4.69) is 0 Å². The lowest BCUT2D eigenvalue weighted by Crippen LogP contribution is -2.35. The van der Waals surface area contributed by atoms with E-state index in [0.717, 1.165) is 12.8 Å². The van der Waals surface area contributed by atoms with E-state index in [0.29, 0.717) is 18.2 Å². The summed E-state index contributed by atoms with van der Waals surface area (Å²) in [6.07, 6.45) is 1.87. The number of aromatic hydroxyl groups is 1. The minimum atomic E-state index is -0.325. The summed E-state index contributed by atoms with van der Waals surface area (Å²) in [6.45, 7) is 1.10. The lowest BCUT2D eigenvalue weighted by atomic mass is 10.2. The maximum Gasteiger partial charge on any atom is 0.281 e. The molecule has 16 heavy (non-hydrogen) atoms. The van der Waals surface area contributed by atoms with E-state index in [4.69, 9.17) is 16.4 Å². The van der Waals surface area contributed by atoms with E-state index in [1.807, 2.05) is 0 Å². The average molecular weight is 242 g/mol. The van der Waals surface area contributed by atoms with Gasteiger partial charge < -0.3 is 5.11 Å². The first-order chi connectivity index (χ1) is 7.68. The molecular formula is C11H12ClNO3. The molecule has 1 aliphatic rings. The molecule has 1 aromatic carbocycles. The molecule has 0 unspecified atom stereocenters. The molecule has 0 bridgehead atoms. The van der Waals surface area contributed by atoms with E-state index in [9.17, 15) is 9.90 Å². The summed E-state index contributed by atoms with van der Waals surface area (Å²) < 4.78 is 0. The summed E-state index contributed by atoms with van der Waals surface area (Å²) in [5, 5.41) is 11.3. The topological polar surface area (TPSA) is 49.8 Å². The second kappa shape index (κ2) is 4.72. The van der Waals surface area contributed by atoms with Crippen molar-refractivity contribution in [2.24, 2.45) is 0 Å². The summed E-state index contributed by atoms with van der Waals surface area (Å²) in [5.41, 5.74) is 0.214. The third kappa shape index (κ3) is 2.28. The Kier molecular flexibility index (Phi) is 3.31. The van der Waals surface area contributed by atoms with Gasteiger partial charge in [0.05, 0.1) is 12.2 Å². The highest BCUT2D eigenvalue weighted by Crippen LogP contribution is 2.24. The number of nitrogens with zero attached hydrogens (tertiary/aromatic N) is 1. The molecule has 2 rings (SSSR count). The van der Waals surface area contributed by atoms with Gasteiger partial charge in [-0.05, 0) is 31.0 Å². The van der Waals surface area contributed by atoms with Gasteiger partial charge in [-0.2, -0.15) is 0 Å². The fourth-order valence-corrected chi connectivity index (χ4v) is 1.74. The van der Waals surface area contributed by atoms with E-state index in [1.54, 1.807) is 6.07 Å². The monoisotopic (exact) mass is 241 g/mol. The molecule has 1 N–H and O–H groups in total. The van der Waals surface area contributed by atoms with Gasteiger partial charge in [-0.25, -0.2) is 5.06 Å². The number of halogens is 1. The van der Waals surface area contributed by atoms with Gasteiger partial charge in [0.15, 0.2) is 0 Å². The van der Waals surface area contributed by atoms with Crippen molar-refractivity contribution in [1.29, 1.82) is 0 Å². The van der Waals surface area contributed by atoms with Crippen molar-refractivity contribution in [3.63, 3.8) is 0 Å². The third-order valence-corrected chi connectivity index (χ3v) is 2.65. The average Bonchev–Trinajstić information content (AvgIpc) is 2.29. The standard InChI is InChI=1S/C11H12ClNO3/c12-8-3-4-9(10(14)7-8)11(15)13-5-1-2-6-16-13/h3-4,7,14H,1-2,5-6H2. The highest BCUT2D eigenvalue weighted by Gasteiger charge is 2.21. The molecule has 86 valence electrons. The van der Waals surface area contributed by atoms with Crippen LogP contribution in [0.5, 0.6) is 5.75 Å². The Balaban J connectivity index is 2.19. The number of hydrogen-bond acceptors (Lipinski definition) is 3. The molecule has 1 fully saturated rings. The fourth-order valence-electron chi connectivity index (χ4n) is 1.58. The van der Waals surface area contributed by atoms with Gasteiger partial charge in [0.2, 0.25) is 0 Å². The molecular weight excluding hydrogens is 230 g/mol. The number of phenols is 1. The first kappa shape index (κ1) is 11.2. The predicted octanol–water partition coefficient (Wildman–Crippen LogP) is 2.21. The van der Waals surface area contributed by atoms with Gasteiger partial charge in [-0.1, -0.05) is 11.6 Å². The number of benzene rings is 1. The molecule has 4 nitrogen and oxygen atoms in total. The summed E-state index contributed by atoms with van der Waals surface area (Å²) in [6, 6.07) is 4.41. The van der Waals surface area contributed by atoms with Crippen LogP contribution in [0.3, 0.4) is 0 Å². The van der Waals surface area contributed by atoms with Crippen LogP contribution in [-0.4, -0.2) is 29.2 Å². The number of hydroxylamine groups is 2. The van der Waals surface area contributed by atoms with Crippen LogP contribution in [0.15, 0.2) is 18.2 Å². The van der Waals surface area contributed by atoms with E-state index in [1.165, 1.54) is 17.2 Å². The Labute approximate surface area is 98.3 Å². The van der Waals surface area contributed by atoms with Gasteiger partial charge in [0.25, 0.3) is 5.91 Å². The predicted molar refractivity (Wildman–Crippen MR) is 59.3 cm³/mol. The maximum absolute atomic E-state index is 11.9. The molecule has 1 heterocycles. The van der Waals surface area contributed by atoms with Crippen LogP contribution in [0.25, 0.3) is 0 Å². The normalized spacial score (nSPS) is 16.2. The Morgan fingerprint density at radius 3 is 2.88 bits per heavy atom. The van der Waals surface area contributed by atoms with E-state index < -0.39 is 0 Å². The molecule has 1 aromatic rings. The smallest absolute Gasteiger partial charge is 0.281 e. The van der Waals surface area contributed by atoms with Crippen molar-refractivity contribution in [2.75, 3.05) is 13.2 Å². The maximum atomic E-state index is 11.9. The number of rotatable bonds is 1. The molecule has 0 spiro atoms. The quantitative estimate of drug-likeness (QED) is 0.820. The van der Waals surface area contributed by atoms with Gasteiger partial charge in [-0.3, -0.25) is 9.63 Å². The first-order valence-electron chi connectivity index (χ1n) is 5.12. The molecule has 0 atom stereocenters. The van der Waals surface area contributed by atoms with Crippen LogP contribution in [-0.2, 0) is 4.84 Å². The van der Waals surface area contributed by atoms with Gasteiger partial charge in [0, 0.05) is 11.6 Å². The zero-order chi connectivity index (χ0) is 11.5. The lowest BCUT2D eigenvalue weighted by molar-refractivity contribution is -0.144. The first-order valence-corrected chi connectivity index (χ1v) is 5.49. The SMILES string of the molecule is O=C(c1ccc(Cl)cc1O)N1CCCCO1. The summed E-state index contributed by atoms with van der Waals surface area (Å²) in [4.78, 5) is 17.1. The van der Waals surface area contributed by atoms with Gasteiger partial charge in [-0.15, -0.1) is 0 Å². The minimum Gasteiger partial charge on any atom is -0.507 e. The Morgan fingerprint density at radius 1 is 1.44 bits per heavy atom. The Hall–Kier alpha value is -1.26. The highest BCUT2D eigenvalue weighted by molar-refractivity contribution is 6.30. The van der Waals surface area contributed by atoms with Crippen LogP contribution >= 0.6 is 11.6 Å². The second-order valence-corrected chi connectivity index (χ2v) is 4.05. The third-order valence-electron chi connectivity index (χ3n) is 2.42. The summed E-state index contributed by atoms with van der Waals surface area (Å²) in [7, 11) is 0. The molecule has 0 saturated carbocycles. The Morgan fingerprint density at radius 2 is 2.25 bits per heavy atom. The van der Waals surface area contributed by atoms with Crippen molar-refractivity contribution >= 4 is 17.5 Å². The molecule has 1 amide bonds. The zero-order valence-corrected chi connectivity index (χ0v) is 9.41. The number of hydrogen-bond donors (Lipinski definition) is 1. The van der Waals surface area contributed by atoms with Crippen molar-refractivity contribution < 1.29 is 14.7 Å². The van der Waals surface area contributed by atoms with Crippen molar-refractivity contribution in [1.82, 2.24) is 5.06 Å². The van der Waals surface area contributed by atoms with Gasteiger partial charge in [0.1, 0.15) is 5.75 Å². The molecule has 0 radical (unpaired) electrons. The molecule has 1 saturated heterocycles. The van der Waals surface area contributed by atoms with Crippen LogP contribution in [0.2, 0.25) is 5.02 Å². The van der Waals surface area contributed by atoms with Crippen LogP contribution in [0, 0.1) is 0 Å². The number of phenolic OH excluding ortho intramolecular Hbond substituents is 1. The van der Waals surface area contributed by atoms with E-state index >= 15 is 0 Å². The number of carbonyl (C=O) groups is 1. The van der Waals surface area contributed by atoms with Crippen molar-refractivity contribution in [3.8, 4) is 5.75 Å². The second-order valence-electron chi connectivity index (χ2n) is 3.61. The zero-order valence-electron chi connectivity index (χ0n) is 8.65. The molecule has 1 aliphatic heterocycles.